The van der Waals surface area contributed by atoms with Crippen LogP contribution in [0.15, 0.2) is 47.1 Å². The van der Waals surface area contributed by atoms with E-state index in [1.807, 2.05) is 18.3 Å². The second-order valence-corrected chi connectivity index (χ2v) is 5.05. The molecular formula is C14H14BrN. The Labute approximate surface area is 105 Å². The molecule has 2 aromatic rings. The largest absolute Gasteiger partial charge is 0.256 e. The van der Waals surface area contributed by atoms with E-state index in [4.69, 9.17) is 0 Å². The summed E-state index contributed by atoms with van der Waals surface area (Å²) in [6.45, 7) is 4.35. The standard InChI is InChI=1S/C14H14BrN/c1-10(2)12-5-8-14(16-9-12)11-3-6-13(15)7-4-11/h3-10H,1-2H3. The maximum absolute atomic E-state index is 4.48. The van der Waals surface area contributed by atoms with E-state index in [1.54, 1.807) is 0 Å². The molecule has 1 aromatic heterocycles. The Bertz CT molecular complexity index is 457. The van der Waals surface area contributed by atoms with Crippen LogP contribution in [0.4, 0.5) is 0 Å². The summed E-state index contributed by atoms with van der Waals surface area (Å²) in [5, 5.41) is 0. The molecule has 0 atom stereocenters. The average molecular weight is 276 g/mol. The maximum Gasteiger partial charge on any atom is 0.0702 e. The number of benzene rings is 1. The van der Waals surface area contributed by atoms with Crippen molar-refractivity contribution in [1.82, 2.24) is 4.98 Å². The Balaban J connectivity index is 2.31. The molecule has 0 fully saturated rings. The molecule has 0 saturated heterocycles. The first-order chi connectivity index (χ1) is 7.66. The third-order valence-corrected chi connectivity index (χ3v) is 3.12. The van der Waals surface area contributed by atoms with Gasteiger partial charge in [-0.05, 0) is 29.7 Å². The molecule has 0 spiro atoms. The quantitative estimate of drug-likeness (QED) is 0.779. The first-order valence-electron chi connectivity index (χ1n) is 5.38. The smallest absolute Gasteiger partial charge is 0.0702 e. The van der Waals surface area contributed by atoms with Crippen LogP contribution >= 0.6 is 15.9 Å². The SMILES string of the molecule is CC(C)c1ccc(-c2ccc(Br)cc2)nc1. The minimum atomic E-state index is 0.534. The van der Waals surface area contributed by atoms with E-state index in [9.17, 15) is 0 Å². The highest BCUT2D eigenvalue weighted by Crippen LogP contribution is 2.21. The lowest BCUT2D eigenvalue weighted by Gasteiger charge is -2.06. The van der Waals surface area contributed by atoms with Crippen LogP contribution < -0.4 is 0 Å². The van der Waals surface area contributed by atoms with Crippen molar-refractivity contribution in [2.24, 2.45) is 0 Å². The summed E-state index contributed by atoms with van der Waals surface area (Å²) < 4.78 is 1.09. The molecule has 0 unspecified atom stereocenters. The summed E-state index contributed by atoms with van der Waals surface area (Å²) in [4.78, 5) is 4.48. The van der Waals surface area contributed by atoms with Gasteiger partial charge in [-0.25, -0.2) is 0 Å². The van der Waals surface area contributed by atoms with Crippen molar-refractivity contribution in [3.63, 3.8) is 0 Å². The summed E-state index contributed by atoms with van der Waals surface area (Å²) in [5.74, 6) is 0.534. The fraction of sp³-hybridized carbons (Fsp3) is 0.214. The molecule has 0 radical (unpaired) electrons. The summed E-state index contributed by atoms with van der Waals surface area (Å²) in [7, 11) is 0. The molecular weight excluding hydrogens is 262 g/mol. The van der Waals surface area contributed by atoms with E-state index < -0.39 is 0 Å². The number of nitrogens with zero attached hydrogens (tertiary/aromatic N) is 1. The minimum Gasteiger partial charge on any atom is -0.256 e. The van der Waals surface area contributed by atoms with Gasteiger partial charge >= 0.3 is 0 Å². The molecule has 2 rings (SSSR count). The molecule has 16 heavy (non-hydrogen) atoms. The zero-order valence-corrected chi connectivity index (χ0v) is 11.0. The number of pyridine rings is 1. The van der Waals surface area contributed by atoms with Crippen molar-refractivity contribution < 1.29 is 0 Å². The predicted octanol–water partition coefficient (Wildman–Crippen LogP) is 4.63. The van der Waals surface area contributed by atoms with Crippen molar-refractivity contribution in [2.75, 3.05) is 0 Å². The first-order valence-corrected chi connectivity index (χ1v) is 6.18. The lowest BCUT2D eigenvalue weighted by atomic mass is 10.0. The zero-order valence-electron chi connectivity index (χ0n) is 9.44. The Morgan fingerprint density at radius 3 is 2.19 bits per heavy atom. The van der Waals surface area contributed by atoms with Gasteiger partial charge in [-0.1, -0.05) is 48.0 Å². The Morgan fingerprint density at radius 1 is 1.00 bits per heavy atom. The van der Waals surface area contributed by atoms with Gasteiger partial charge in [-0.3, -0.25) is 4.98 Å². The summed E-state index contributed by atoms with van der Waals surface area (Å²) in [5.41, 5.74) is 3.45. The van der Waals surface area contributed by atoms with E-state index in [0.29, 0.717) is 5.92 Å². The second-order valence-electron chi connectivity index (χ2n) is 4.14. The fourth-order valence-corrected chi connectivity index (χ4v) is 1.80. The third kappa shape index (κ3) is 2.50. The lowest BCUT2D eigenvalue weighted by Crippen LogP contribution is -1.90. The molecule has 1 heterocycles. The molecule has 0 bridgehead atoms. The normalized spacial score (nSPS) is 10.8. The highest BCUT2D eigenvalue weighted by Gasteiger charge is 2.01. The number of aromatic nitrogens is 1. The van der Waals surface area contributed by atoms with E-state index in [-0.39, 0.29) is 0 Å². The Kier molecular flexibility index (Phi) is 3.39. The van der Waals surface area contributed by atoms with Crippen LogP contribution in [-0.4, -0.2) is 4.98 Å². The molecule has 82 valence electrons. The van der Waals surface area contributed by atoms with Crippen LogP contribution in [0, 0.1) is 0 Å². The fourth-order valence-electron chi connectivity index (χ4n) is 1.54. The molecule has 2 heteroatoms. The number of hydrogen-bond donors (Lipinski definition) is 0. The van der Waals surface area contributed by atoms with Gasteiger partial charge in [0.25, 0.3) is 0 Å². The van der Waals surface area contributed by atoms with Crippen LogP contribution in [-0.2, 0) is 0 Å². The molecule has 0 N–H and O–H groups in total. The van der Waals surface area contributed by atoms with Gasteiger partial charge in [0.05, 0.1) is 5.69 Å². The minimum absolute atomic E-state index is 0.534. The van der Waals surface area contributed by atoms with Crippen LogP contribution in [0.25, 0.3) is 11.3 Å². The van der Waals surface area contributed by atoms with Crippen molar-refractivity contribution >= 4 is 15.9 Å². The van der Waals surface area contributed by atoms with E-state index in [1.165, 1.54) is 5.56 Å². The Hall–Kier alpha value is -1.15. The highest BCUT2D eigenvalue weighted by molar-refractivity contribution is 9.10. The van der Waals surface area contributed by atoms with Gasteiger partial charge in [0.1, 0.15) is 0 Å². The average Bonchev–Trinajstić information content (AvgIpc) is 2.30. The van der Waals surface area contributed by atoms with Gasteiger partial charge in [0.15, 0.2) is 0 Å². The van der Waals surface area contributed by atoms with Gasteiger partial charge in [0, 0.05) is 16.2 Å². The number of rotatable bonds is 2. The van der Waals surface area contributed by atoms with Crippen molar-refractivity contribution in [1.29, 1.82) is 0 Å². The van der Waals surface area contributed by atoms with Crippen LogP contribution in [0.5, 0.6) is 0 Å². The molecule has 1 nitrogen and oxygen atoms in total. The molecule has 0 saturated carbocycles. The van der Waals surface area contributed by atoms with Crippen molar-refractivity contribution in [3.05, 3.63) is 52.6 Å². The first kappa shape index (κ1) is 11.3. The van der Waals surface area contributed by atoms with Crippen LogP contribution in [0.2, 0.25) is 0 Å². The maximum atomic E-state index is 4.48. The number of hydrogen-bond acceptors (Lipinski definition) is 1. The van der Waals surface area contributed by atoms with Gasteiger partial charge < -0.3 is 0 Å². The summed E-state index contributed by atoms with van der Waals surface area (Å²) in [6.07, 6.45) is 1.96. The van der Waals surface area contributed by atoms with E-state index in [0.717, 1.165) is 15.7 Å². The molecule has 0 aliphatic rings. The van der Waals surface area contributed by atoms with Gasteiger partial charge in [-0.15, -0.1) is 0 Å². The van der Waals surface area contributed by atoms with E-state index in [2.05, 4.69) is 59.0 Å². The lowest BCUT2D eigenvalue weighted by molar-refractivity contribution is 0.859. The van der Waals surface area contributed by atoms with Gasteiger partial charge in [0.2, 0.25) is 0 Å². The van der Waals surface area contributed by atoms with Crippen LogP contribution in [0.3, 0.4) is 0 Å². The molecule has 0 aliphatic heterocycles. The van der Waals surface area contributed by atoms with Gasteiger partial charge in [-0.2, -0.15) is 0 Å². The third-order valence-electron chi connectivity index (χ3n) is 2.59. The zero-order chi connectivity index (χ0) is 11.5. The molecule has 0 amide bonds. The van der Waals surface area contributed by atoms with Crippen molar-refractivity contribution in [2.45, 2.75) is 19.8 Å². The summed E-state index contributed by atoms with van der Waals surface area (Å²) in [6, 6.07) is 12.4. The van der Waals surface area contributed by atoms with Crippen molar-refractivity contribution in [3.8, 4) is 11.3 Å². The predicted molar refractivity (Wildman–Crippen MR) is 71.5 cm³/mol. The summed E-state index contributed by atoms with van der Waals surface area (Å²) >= 11 is 3.43. The highest BCUT2D eigenvalue weighted by atomic mass is 79.9. The van der Waals surface area contributed by atoms with E-state index >= 15 is 0 Å². The monoisotopic (exact) mass is 275 g/mol. The molecule has 1 aromatic carbocycles. The second kappa shape index (κ2) is 4.79. The Morgan fingerprint density at radius 2 is 1.69 bits per heavy atom. The number of halogens is 1. The molecule has 0 aliphatic carbocycles. The topological polar surface area (TPSA) is 12.9 Å². The van der Waals surface area contributed by atoms with Crippen LogP contribution in [0.1, 0.15) is 25.3 Å².